The highest BCUT2D eigenvalue weighted by molar-refractivity contribution is 7.92. The van der Waals surface area contributed by atoms with Crippen molar-refractivity contribution in [3.63, 3.8) is 0 Å². The number of benzene rings is 2. The fourth-order valence-corrected chi connectivity index (χ4v) is 11.8. The van der Waals surface area contributed by atoms with Crippen LogP contribution in [0.3, 0.4) is 0 Å². The zero-order chi connectivity index (χ0) is 39.8. The fraction of sp³-hybridized carbons (Fsp3) is 0.619. The van der Waals surface area contributed by atoms with Crippen LogP contribution in [0.2, 0.25) is 0 Å². The van der Waals surface area contributed by atoms with Gasteiger partial charge in [-0.3, -0.25) is 9.69 Å². The maximum Gasteiger partial charge on any atom is 0.407 e. The Hall–Kier alpha value is -3.59. The van der Waals surface area contributed by atoms with Crippen LogP contribution in [0.25, 0.3) is 0 Å². The first kappa shape index (κ1) is 40.6. The number of alkyl halides is 1. The third-order valence-electron chi connectivity index (χ3n) is 13.1. The number of carbonyl (C=O) groups is 2. The smallest absolute Gasteiger partial charge is 0.407 e. The Balaban J connectivity index is 0.969. The first-order valence-electron chi connectivity index (χ1n) is 20.2. The predicted molar refractivity (Wildman–Crippen MR) is 213 cm³/mol. The van der Waals surface area contributed by atoms with E-state index in [4.69, 9.17) is 4.74 Å². The Morgan fingerprint density at radius 2 is 1.68 bits per heavy atom. The van der Waals surface area contributed by atoms with Crippen LogP contribution in [0.1, 0.15) is 44.1 Å². The number of hydrogen-bond acceptors (Lipinski definition) is 9. The number of hydrogen-bond donors (Lipinski definition) is 1. The second kappa shape index (κ2) is 16.3. The number of likely N-dealkylation sites (N-methyl/N-ethyl adjacent to an activating group) is 1. The van der Waals surface area contributed by atoms with Crippen LogP contribution in [0.4, 0.5) is 19.3 Å². The third-order valence-corrected chi connectivity index (χ3v) is 15.3. The first-order valence-corrected chi connectivity index (χ1v) is 21.7. The lowest BCUT2D eigenvalue weighted by Gasteiger charge is -2.54. The summed E-state index contributed by atoms with van der Waals surface area (Å²) in [7, 11) is 1.46. The molecular weight excluding hydrogens is 739 g/mol. The molecule has 7 rings (SSSR count). The summed E-state index contributed by atoms with van der Waals surface area (Å²) < 4.78 is 63.0. The number of anilines is 1. The van der Waals surface area contributed by atoms with Gasteiger partial charge in [0.1, 0.15) is 11.1 Å². The standard InChI is InChI=1S/C42H58F2N6O5S/c1-30(23-46(2)3)39(51)49-24-36(25-49)56(53,54)35-14-12-34(13-15-35)50-27-41(44,28-50)26-48-20-16-31(17-21-48)42(29-47-18-7-19-47,32-8-5-9-33(43)22-32)37-10-6-11-38(37)45-40(52)55-4/h5,8-9,12-15,22,31,36-38H,1,6-7,10-11,16-21,23-29H2,2-4H3,(H,45,52)/t37-,38-,42-/m0/s1. The quantitative estimate of drug-likeness (QED) is 0.280. The molecule has 14 heteroatoms. The fourth-order valence-electron chi connectivity index (χ4n) is 10.2. The molecule has 2 aromatic carbocycles. The number of amides is 2. The summed E-state index contributed by atoms with van der Waals surface area (Å²) in [6.45, 7) is 9.59. The molecule has 0 aromatic heterocycles. The van der Waals surface area contributed by atoms with Crippen molar-refractivity contribution < 1.29 is 31.5 Å². The molecule has 3 atom stereocenters. The van der Waals surface area contributed by atoms with Crippen molar-refractivity contribution in [2.24, 2.45) is 11.8 Å². The van der Waals surface area contributed by atoms with Crippen LogP contribution in [0, 0.1) is 17.7 Å². The molecule has 11 nitrogen and oxygen atoms in total. The molecular formula is C42H58F2N6O5S. The summed E-state index contributed by atoms with van der Waals surface area (Å²) in [6.07, 6.45) is 5.16. The molecule has 0 bridgehead atoms. The zero-order valence-electron chi connectivity index (χ0n) is 33.1. The lowest BCUT2D eigenvalue weighted by Crippen LogP contribution is -2.65. The number of alkyl carbamates (subject to hydrolysis) is 1. The molecule has 4 heterocycles. The monoisotopic (exact) mass is 796 g/mol. The molecule has 4 aliphatic heterocycles. The molecule has 306 valence electrons. The summed E-state index contributed by atoms with van der Waals surface area (Å²) in [4.78, 5) is 35.3. The van der Waals surface area contributed by atoms with E-state index in [2.05, 4.69) is 27.8 Å². The van der Waals surface area contributed by atoms with E-state index in [1.54, 1.807) is 36.4 Å². The Morgan fingerprint density at radius 1 is 0.982 bits per heavy atom. The number of methoxy groups -OCH3 is 1. The van der Waals surface area contributed by atoms with Gasteiger partial charge in [0.2, 0.25) is 0 Å². The Morgan fingerprint density at radius 3 is 2.29 bits per heavy atom. The molecule has 0 spiro atoms. The van der Waals surface area contributed by atoms with Gasteiger partial charge in [0, 0.05) is 55.4 Å². The van der Waals surface area contributed by atoms with Crippen LogP contribution in [0.15, 0.2) is 65.6 Å². The lowest BCUT2D eigenvalue weighted by atomic mass is 9.57. The first-order chi connectivity index (χ1) is 26.7. The van der Waals surface area contributed by atoms with Crippen molar-refractivity contribution in [2.75, 3.05) is 98.1 Å². The van der Waals surface area contributed by atoms with Gasteiger partial charge < -0.3 is 29.7 Å². The van der Waals surface area contributed by atoms with Crippen molar-refractivity contribution in [3.05, 3.63) is 72.1 Å². The van der Waals surface area contributed by atoms with Crippen molar-refractivity contribution in [2.45, 2.75) is 65.8 Å². The maximum atomic E-state index is 16.3. The molecule has 2 amide bonds. The van der Waals surface area contributed by atoms with Crippen LogP contribution in [0.5, 0.6) is 0 Å². The normalized spacial score (nSPS) is 24.5. The molecule has 5 aliphatic rings. The second-order valence-electron chi connectivity index (χ2n) is 17.2. The summed E-state index contributed by atoms with van der Waals surface area (Å²) in [5, 5.41) is 2.47. The van der Waals surface area contributed by atoms with E-state index in [0.29, 0.717) is 18.7 Å². The topological polar surface area (TPSA) is 106 Å². The summed E-state index contributed by atoms with van der Waals surface area (Å²) in [5.41, 5.74) is 0.428. The average Bonchev–Trinajstić information content (AvgIpc) is 3.58. The highest BCUT2D eigenvalue weighted by Gasteiger charge is 2.54. The number of nitrogens with one attached hydrogen (secondary N) is 1. The van der Waals surface area contributed by atoms with Crippen molar-refractivity contribution in [1.29, 1.82) is 0 Å². The average molecular weight is 797 g/mol. The van der Waals surface area contributed by atoms with Crippen LogP contribution in [-0.2, 0) is 24.8 Å². The van der Waals surface area contributed by atoms with Crippen molar-refractivity contribution in [3.8, 4) is 0 Å². The molecule has 56 heavy (non-hydrogen) atoms. The highest BCUT2D eigenvalue weighted by Crippen LogP contribution is 2.51. The number of likely N-dealkylation sites (tertiary alicyclic amines) is 3. The maximum absolute atomic E-state index is 16.3. The second-order valence-corrected chi connectivity index (χ2v) is 19.5. The molecule has 1 aliphatic carbocycles. The minimum Gasteiger partial charge on any atom is -0.453 e. The minimum absolute atomic E-state index is 0.0764. The number of halogens is 2. The molecule has 0 unspecified atom stereocenters. The predicted octanol–water partition coefficient (Wildman–Crippen LogP) is 4.34. The summed E-state index contributed by atoms with van der Waals surface area (Å²) >= 11 is 0. The number of carbonyl (C=O) groups excluding carboxylic acids is 2. The number of nitrogens with zero attached hydrogens (tertiary/aromatic N) is 5. The Bertz CT molecular complexity index is 1860. The van der Waals surface area contributed by atoms with Gasteiger partial charge in [0.15, 0.2) is 15.5 Å². The molecule has 0 radical (unpaired) electrons. The minimum atomic E-state index is -3.62. The van der Waals surface area contributed by atoms with Gasteiger partial charge in [-0.2, -0.15) is 0 Å². The molecule has 1 N–H and O–H groups in total. The number of piperidine rings is 1. The van der Waals surface area contributed by atoms with E-state index in [1.807, 2.05) is 23.9 Å². The van der Waals surface area contributed by atoms with Gasteiger partial charge in [0.05, 0.1) is 25.1 Å². The highest BCUT2D eigenvalue weighted by atomic mass is 32.2. The van der Waals surface area contributed by atoms with Gasteiger partial charge in [-0.05, 0) is 126 Å². The van der Waals surface area contributed by atoms with Crippen molar-refractivity contribution in [1.82, 2.24) is 24.9 Å². The van der Waals surface area contributed by atoms with E-state index in [1.165, 1.54) is 18.1 Å². The molecule has 1 saturated carbocycles. The summed E-state index contributed by atoms with van der Waals surface area (Å²) in [6, 6.07) is 13.7. The zero-order valence-corrected chi connectivity index (χ0v) is 33.9. The molecule has 4 saturated heterocycles. The van der Waals surface area contributed by atoms with Gasteiger partial charge >= 0.3 is 6.09 Å². The van der Waals surface area contributed by atoms with E-state index in [-0.39, 0.29) is 66.1 Å². The van der Waals surface area contributed by atoms with E-state index in [0.717, 1.165) is 82.5 Å². The summed E-state index contributed by atoms with van der Waals surface area (Å²) in [5.74, 6) is -0.139. The van der Waals surface area contributed by atoms with Crippen LogP contribution >= 0.6 is 0 Å². The van der Waals surface area contributed by atoms with Crippen LogP contribution in [-0.4, -0.2) is 150 Å². The van der Waals surface area contributed by atoms with E-state index in [9.17, 15) is 18.0 Å². The van der Waals surface area contributed by atoms with Gasteiger partial charge in [-0.25, -0.2) is 22.0 Å². The Kier molecular flexibility index (Phi) is 11.8. The number of sulfone groups is 1. The largest absolute Gasteiger partial charge is 0.453 e. The number of ether oxygens (including phenoxy) is 1. The van der Waals surface area contributed by atoms with Gasteiger partial charge in [0.25, 0.3) is 5.91 Å². The van der Waals surface area contributed by atoms with Gasteiger partial charge in [-0.15, -0.1) is 0 Å². The number of rotatable bonds is 14. The van der Waals surface area contributed by atoms with Gasteiger partial charge in [-0.1, -0.05) is 25.1 Å². The molecule has 2 aromatic rings. The van der Waals surface area contributed by atoms with Crippen LogP contribution < -0.4 is 10.2 Å². The van der Waals surface area contributed by atoms with Crippen molar-refractivity contribution >= 4 is 27.5 Å². The molecule has 5 fully saturated rings. The van der Waals surface area contributed by atoms with E-state index >= 15 is 8.78 Å². The Labute approximate surface area is 330 Å². The van der Waals surface area contributed by atoms with E-state index < -0.39 is 26.8 Å². The third kappa shape index (κ3) is 8.21. The lowest BCUT2D eigenvalue weighted by molar-refractivity contribution is -0.130. The SMILES string of the molecule is C=C(CN(C)C)C(=O)N1CC(S(=O)(=O)c2ccc(N3CC(F)(CN4CCC([C@@](CN5CCC5)(c5cccc(F)c5)[C@H]5CCC[C@@H]5NC(=O)OC)CC4)C3)cc2)C1.